The number of Topliss-reactive ketones (excluding diaryl/α,β-unsaturated/α-hetero) is 1. The van der Waals surface area contributed by atoms with E-state index in [0.717, 1.165) is 62.8 Å². The normalized spacial score (nSPS) is 17.4. The van der Waals surface area contributed by atoms with Gasteiger partial charge in [-0.3, -0.25) is 4.79 Å². The molecule has 0 spiro atoms. The standard InChI is InChI=1S/C25H25BrN4O2S/c1-2-13-33-25-28-24-27-20-7-4-8-21(31)22(20)23(30(24)29-25)17-9-11-19(12-10-17)32-15-16-5-3-6-18(26)14-16/h3,5-6,9-12,14,23H,2,4,7-8,13,15H2,1H3,(H,27,28,29). The lowest BCUT2D eigenvalue weighted by Gasteiger charge is -2.32. The Morgan fingerprint density at radius 3 is 2.85 bits per heavy atom. The van der Waals surface area contributed by atoms with Gasteiger partial charge in [0.25, 0.3) is 0 Å². The van der Waals surface area contributed by atoms with Crippen LogP contribution in [0.5, 0.6) is 5.75 Å². The van der Waals surface area contributed by atoms with Crippen molar-refractivity contribution >= 4 is 39.4 Å². The monoisotopic (exact) mass is 524 g/mol. The average molecular weight is 525 g/mol. The zero-order chi connectivity index (χ0) is 22.8. The van der Waals surface area contributed by atoms with Crippen LogP contribution >= 0.6 is 27.7 Å². The van der Waals surface area contributed by atoms with E-state index in [9.17, 15) is 4.79 Å². The Hall–Kier alpha value is -2.58. The van der Waals surface area contributed by atoms with Gasteiger partial charge in [0.05, 0.1) is 0 Å². The van der Waals surface area contributed by atoms with Gasteiger partial charge < -0.3 is 10.1 Å². The topological polar surface area (TPSA) is 69.0 Å². The van der Waals surface area contributed by atoms with Crippen LogP contribution in [0.15, 0.2) is 69.4 Å². The zero-order valence-corrected chi connectivity index (χ0v) is 20.8. The van der Waals surface area contributed by atoms with Gasteiger partial charge in [0.15, 0.2) is 5.78 Å². The van der Waals surface area contributed by atoms with Crippen LogP contribution in [0.2, 0.25) is 0 Å². The van der Waals surface area contributed by atoms with Gasteiger partial charge in [0, 0.05) is 27.9 Å². The predicted molar refractivity (Wildman–Crippen MR) is 134 cm³/mol. The first-order chi connectivity index (χ1) is 16.1. The van der Waals surface area contributed by atoms with E-state index in [1.165, 1.54) is 0 Å². The van der Waals surface area contributed by atoms with Crippen LogP contribution < -0.4 is 10.1 Å². The number of halogens is 1. The van der Waals surface area contributed by atoms with Crippen LogP contribution in [0.4, 0.5) is 5.95 Å². The maximum atomic E-state index is 13.0. The van der Waals surface area contributed by atoms with Crippen molar-refractivity contribution in [3.05, 3.63) is 75.4 Å². The van der Waals surface area contributed by atoms with E-state index in [1.807, 2.05) is 53.2 Å². The maximum Gasteiger partial charge on any atom is 0.227 e. The lowest BCUT2D eigenvalue weighted by molar-refractivity contribution is -0.116. The van der Waals surface area contributed by atoms with Crippen LogP contribution in [0, 0.1) is 0 Å². The second kappa shape index (κ2) is 9.73. The van der Waals surface area contributed by atoms with E-state index in [4.69, 9.17) is 14.8 Å². The van der Waals surface area contributed by atoms with Crippen molar-refractivity contribution in [1.29, 1.82) is 0 Å². The van der Waals surface area contributed by atoms with E-state index in [1.54, 1.807) is 11.8 Å². The van der Waals surface area contributed by atoms with Gasteiger partial charge >= 0.3 is 0 Å². The Labute approximate surface area is 206 Å². The van der Waals surface area contributed by atoms with Gasteiger partial charge in [0.2, 0.25) is 11.1 Å². The van der Waals surface area contributed by atoms with E-state index >= 15 is 0 Å². The number of nitrogens with one attached hydrogen (secondary N) is 1. The molecule has 8 heteroatoms. The molecule has 1 atom stereocenters. The molecule has 0 radical (unpaired) electrons. The van der Waals surface area contributed by atoms with E-state index in [0.29, 0.717) is 19.0 Å². The van der Waals surface area contributed by atoms with Crippen molar-refractivity contribution in [2.75, 3.05) is 11.1 Å². The molecule has 1 aromatic heterocycles. The van der Waals surface area contributed by atoms with Crippen LogP contribution in [0.25, 0.3) is 0 Å². The number of rotatable bonds is 7. The predicted octanol–water partition coefficient (Wildman–Crippen LogP) is 6.14. The third kappa shape index (κ3) is 4.73. The molecular weight excluding hydrogens is 500 g/mol. The number of nitrogens with zero attached hydrogens (tertiary/aromatic N) is 3. The summed E-state index contributed by atoms with van der Waals surface area (Å²) in [6.45, 7) is 2.63. The molecule has 0 saturated carbocycles. The minimum absolute atomic E-state index is 0.188. The second-order valence-electron chi connectivity index (χ2n) is 8.20. The average Bonchev–Trinajstić information content (AvgIpc) is 3.23. The van der Waals surface area contributed by atoms with Crippen LogP contribution in [0.3, 0.4) is 0 Å². The van der Waals surface area contributed by atoms with Crippen molar-refractivity contribution < 1.29 is 9.53 Å². The summed E-state index contributed by atoms with van der Waals surface area (Å²) in [6, 6.07) is 15.8. The van der Waals surface area contributed by atoms with Gasteiger partial charge in [0.1, 0.15) is 18.4 Å². The van der Waals surface area contributed by atoms with Gasteiger partial charge in [-0.05, 0) is 54.7 Å². The Balaban J connectivity index is 1.43. The molecule has 3 aromatic rings. The lowest BCUT2D eigenvalue weighted by atomic mass is 9.85. The molecule has 1 unspecified atom stereocenters. The number of anilines is 1. The number of thioether (sulfide) groups is 1. The van der Waals surface area contributed by atoms with Crippen LogP contribution in [-0.2, 0) is 11.4 Å². The van der Waals surface area contributed by atoms with E-state index in [-0.39, 0.29) is 11.8 Å². The van der Waals surface area contributed by atoms with Crippen molar-refractivity contribution in [3.8, 4) is 5.75 Å². The molecule has 2 heterocycles. The number of carbonyl (C=O) groups is 1. The van der Waals surface area contributed by atoms with E-state index < -0.39 is 0 Å². The third-order valence-electron chi connectivity index (χ3n) is 5.77. The Bertz CT molecular complexity index is 1210. The number of hydrogen-bond acceptors (Lipinski definition) is 6. The smallest absolute Gasteiger partial charge is 0.227 e. The maximum absolute atomic E-state index is 13.0. The molecule has 2 aliphatic rings. The van der Waals surface area contributed by atoms with Crippen molar-refractivity contribution in [3.63, 3.8) is 0 Å². The summed E-state index contributed by atoms with van der Waals surface area (Å²) in [5, 5.41) is 8.89. The molecule has 33 heavy (non-hydrogen) atoms. The van der Waals surface area contributed by atoms with Crippen molar-refractivity contribution in [2.45, 2.75) is 50.4 Å². The molecule has 1 aliphatic carbocycles. The minimum Gasteiger partial charge on any atom is -0.489 e. The molecule has 1 N–H and O–H groups in total. The molecular formula is C25H25BrN4O2S. The van der Waals surface area contributed by atoms with Gasteiger partial charge in [-0.1, -0.05) is 58.9 Å². The molecule has 0 amide bonds. The zero-order valence-electron chi connectivity index (χ0n) is 18.4. The fourth-order valence-corrected chi connectivity index (χ4v) is 5.37. The van der Waals surface area contributed by atoms with Crippen molar-refractivity contribution in [1.82, 2.24) is 14.8 Å². The number of hydrogen-bond donors (Lipinski definition) is 1. The highest BCUT2D eigenvalue weighted by Gasteiger charge is 2.36. The molecule has 0 bridgehead atoms. The number of ether oxygens (including phenoxy) is 1. The summed E-state index contributed by atoms with van der Waals surface area (Å²) in [4.78, 5) is 17.7. The summed E-state index contributed by atoms with van der Waals surface area (Å²) < 4.78 is 8.89. The van der Waals surface area contributed by atoms with Gasteiger partial charge in [-0.25, -0.2) is 4.68 Å². The van der Waals surface area contributed by atoms with Crippen LogP contribution in [-0.4, -0.2) is 26.3 Å². The molecule has 2 aromatic carbocycles. The number of carbonyl (C=O) groups excluding carboxylic acids is 1. The highest BCUT2D eigenvalue weighted by Crippen LogP contribution is 2.40. The fraction of sp³-hybridized carbons (Fsp3) is 0.320. The first-order valence-corrected chi connectivity index (χ1v) is 13.0. The van der Waals surface area contributed by atoms with E-state index in [2.05, 4.69) is 28.2 Å². The number of allylic oxidation sites excluding steroid dienone is 2. The summed E-state index contributed by atoms with van der Waals surface area (Å²) in [5.41, 5.74) is 3.90. The first-order valence-electron chi connectivity index (χ1n) is 11.2. The lowest BCUT2D eigenvalue weighted by Crippen LogP contribution is -2.31. The summed E-state index contributed by atoms with van der Waals surface area (Å²) in [5.74, 6) is 2.65. The first kappa shape index (κ1) is 22.2. The molecule has 170 valence electrons. The fourth-order valence-electron chi connectivity index (χ4n) is 4.24. The van der Waals surface area contributed by atoms with Gasteiger partial charge in [-0.15, -0.1) is 5.10 Å². The molecule has 6 nitrogen and oxygen atoms in total. The number of aromatic nitrogens is 3. The SMILES string of the molecule is CCCSc1nc2n(n1)C(c1ccc(OCc3cccc(Br)c3)cc1)C1=C(CCCC1=O)N2. The summed E-state index contributed by atoms with van der Waals surface area (Å²) >= 11 is 5.14. The van der Waals surface area contributed by atoms with Crippen molar-refractivity contribution in [2.24, 2.45) is 0 Å². The summed E-state index contributed by atoms with van der Waals surface area (Å²) in [7, 11) is 0. The third-order valence-corrected chi connectivity index (χ3v) is 7.31. The highest BCUT2D eigenvalue weighted by molar-refractivity contribution is 9.10. The number of benzene rings is 2. The Morgan fingerprint density at radius 2 is 2.06 bits per heavy atom. The quantitative estimate of drug-likeness (QED) is 0.374. The largest absolute Gasteiger partial charge is 0.489 e. The number of fused-ring (bicyclic) bond motifs is 1. The molecule has 0 saturated heterocycles. The number of ketones is 1. The molecule has 5 rings (SSSR count). The minimum atomic E-state index is -0.272. The summed E-state index contributed by atoms with van der Waals surface area (Å²) in [6.07, 6.45) is 3.35. The van der Waals surface area contributed by atoms with Gasteiger partial charge in [-0.2, -0.15) is 4.98 Å². The second-order valence-corrected chi connectivity index (χ2v) is 10.2. The molecule has 0 fully saturated rings. The molecule has 1 aliphatic heterocycles. The Kier molecular flexibility index (Phi) is 6.55. The Morgan fingerprint density at radius 1 is 1.21 bits per heavy atom. The highest BCUT2D eigenvalue weighted by atomic mass is 79.9. The van der Waals surface area contributed by atoms with Crippen LogP contribution in [0.1, 0.15) is 49.8 Å².